The van der Waals surface area contributed by atoms with Gasteiger partial charge < -0.3 is 10.2 Å². The van der Waals surface area contributed by atoms with Crippen LogP contribution in [0.4, 0.5) is 5.13 Å². The van der Waals surface area contributed by atoms with E-state index in [2.05, 4.69) is 42.9 Å². The normalized spacial score (nSPS) is 17.2. The SMILES string of the molecule is CCNC(C)c1cnc(N(CC(C)C)C2CC2)s1. The third-order valence-electron chi connectivity index (χ3n) is 3.24. The molecule has 1 aliphatic carbocycles. The molecule has 18 heavy (non-hydrogen) atoms. The molecule has 102 valence electrons. The van der Waals surface area contributed by atoms with Crippen LogP contribution in [0.2, 0.25) is 0 Å². The largest absolute Gasteiger partial charge is 0.345 e. The summed E-state index contributed by atoms with van der Waals surface area (Å²) >= 11 is 1.85. The lowest BCUT2D eigenvalue weighted by Gasteiger charge is -2.23. The number of thiazole rings is 1. The molecule has 1 heterocycles. The smallest absolute Gasteiger partial charge is 0.185 e. The first-order valence-corrected chi connectivity index (χ1v) is 7.89. The highest BCUT2D eigenvalue weighted by Gasteiger charge is 2.31. The van der Waals surface area contributed by atoms with Crippen LogP contribution in [0.1, 0.15) is 51.5 Å². The van der Waals surface area contributed by atoms with Crippen molar-refractivity contribution in [3.8, 4) is 0 Å². The predicted molar refractivity (Wildman–Crippen MR) is 79.4 cm³/mol. The minimum atomic E-state index is 0.418. The van der Waals surface area contributed by atoms with Gasteiger partial charge in [-0.2, -0.15) is 0 Å². The Hall–Kier alpha value is -0.610. The molecule has 3 nitrogen and oxygen atoms in total. The Morgan fingerprint density at radius 3 is 2.72 bits per heavy atom. The van der Waals surface area contributed by atoms with E-state index in [1.165, 1.54) is 22.9 Å². The standard InChI is InChI=1S/C14H25N3S/c1-5-15-11(4)13-8-16-14(18-13)17(9-10(2)3)12-6-7-12/h8,10-12,15H,5-7,9H2,1-4H3. The molecule has 0 amide bonds. The molecule has 1 aromatic rings. The van der Waals surface area contributed by atoms with E-state index in [1.807, 2.05) is 17.5 Å². The molecule has 2 rings (SSSR count). The van der Waals surface area contributed by atoms with E-state index in [9.17, 15) is 0 Å². The van der Waals surface area contributed by atoms with Crippen molar-refractivity contribution < 1.29 is 0 Å². The number of anilines is 1. The van der Waals surface area contributed by atoms with E-state index < -0.39 is 0 Å². The quantitative estimate of drug-likeness (QED) is 0.820. The Bertz CT molecular complexity index is 371. The fourth-order valence-electron chi connectivity index (χ4n) is 2.18. The van der Waals surface area contributed by atoms with Crippen molar-refractivity contribution in [1.29, 1.82) is 0 Å². The summed E-state index contributed by atoms with van der Waals surface area (Å²) in [7, 11) is 0. The Morgan fingerprint density at radius 1 is 1.44 bits per heavy atom. The highest BCUT2D eigenvalue weighted by molar-refractivity contribution is 7.15. The molecule has 0 bridgehead atoms. The van der Waals surface area contributed by atoms with Crippen LogP contribution in [0, 0.1) is 5.92 Å². The summed E-state index contributed by atoms with van der Waals surface area (Å²) in [6.07, 6.45) is 4.72. The third kappa shape index (κ3) is 3.45. The van der Waals surface area contributed by atoms with Crippen molar-refractivity contribution in [2.45, 2.75) is 52.6 Å². The van der Waals surface area contributed by atoms with Gasteiger partial charge in [-0.15, -0.1) is 11.3 Å². The zero-order chi connectivity index (χ0) is 13.1. The molecule has 1 atom stereocenters. The maximum absolute atomic E-state index is 4.64. The van der Waals surface area contributed by atoms with Crippen molar-refractivity contribution in [3.05, 3.63) is 11.1 Å². The second kappa shape index (κ2) is 6.02. The van der Waals surface area contributed by atoms with E-state index in [0.717, 1.165) is 19.1 Å². The maximum Gasteiger partial charge on any atom is 0.185 e. The van der Waals surface area contributed by atoms with Gasteiger partial charge >= 0.3 is 0 Å². The summed E-state index contributed by atoms with van der Waals surface area (Å²) in [6, 6.07) is 1.17. The minimum absolute atomic E-state index is 0.418. The molecule has 0 spiro atoms. The van der Waals surface area contributed by atoms with Gasteiger partial charge in [0, 0.05) is 29.7 Å². The summed E-state index contributed by atoms with van der Waals surface area (Å²) in [5, 5.41) is 4.67. The van der Waals surface area contributed by atoms with Gasteiger partial charge in [-0.3, -0.25) is 0 Å². The van der Waals surface area contributed by atoms with Crippen LogP contribution in [-0.2, 0) is 0 Å². The fraction of sp³-hybridized carbons (Fsp3) is 0.786. The molecule has 0 radical (unpaired) electrons. The van der Waals surface area contributed by atoms with E-state index in [0.29, 0.717) is 12.0 Å². The Kier molecular flexibility index (Phi) is 4.62. The van der Waals surface area contributed by atoms with Crippen molar-refractivity contribution in [2.24, 2.45) is 5.92 Å². The monoisotopic (exact) mass is 267 g/mol. The van der Waals surface area contributed by atoms with Crippen LogP contribution in [0.15, 0.2) is 6.20 Å². The van der Waals surface area contributed by atoms with Crippen molar-refractivity contribution >= 4 is 16.5 Å². The van der Waals surface area contributed by atoms with Crippen LogP contribution in [0.5, 0.6) is 0 Å². The first kappa shape index (κ1) is 13.8. The number of rotatable bonds is 7. The maximum atomic E-state index is 4.64. The molecule has 1 saturated carbocycles. The highest BCUT2D eigenvalue weighted by Crippen LogP contribution is 2.35. The van der Waals surface area contributed by atoms with Gasteiger partial charge in [0.15, 0.2) is 5.13 Å². The van der Waals surface area contributed by atoms with Gasteiger partial charge in [-0.25, -0.2) is 4.98 Å². The first-order valence-electron chi connectivity index (χ1n) is 7.07. The number of hydrogen-bond donors (Lipinski definition) is 1. The first-order chi connectivity index (χ1) is 8.61. The van der Waals surface area contributed by atoms with E-state index >= 15 is 0 Å². The van der Waals surface area contributed by atoms with Crippen molar-refractivity contribution in [1.82, 2.24) is 10.3 Å². The molecule has 4 heteroatoms. The lowest BCUT2D eigenvalue weighted by molar-refractivity contribution is 0.605. The lowest BCUT2D eigenvalue weighted by atomic mass is 10.2. The highest BCUT2D eigenvalue weighted by atomic mass is 32.1. The van der Waals surface area contributed by atoms with Crippen LogP contribution in [-0.4, -0.2) is 24.1 Å². The fourth-order valence-corrected chi connectivity index (χ4v) is 3.20. The molecular formula is C14H25N3S. The Labute approximate surface area is 115 Å². The van der Waals surface area contributed by atoms with Crippen LogP contribution in [0.3, 0.4) is 0 Å². The van der Waals surface area contributed by atoms with Gasteiger partial charge in [-0.1, -0.05) is 20.8 Å². The van der Waals surface area contributed by atoms with E-state index in [4.69, 9.17) is 0 Å². The third-order valence-corrected chi connectivity index (χ3v) is 4.46. The molecule has 1 unspecified atom stereocenters. The van der Waals surface area contributed by atoms with Gasteiger partial charge in [0.1, 0.15) is 0 Å². The zero-order valence-corrected chi connectivity index (χ0v) is 12.8. The molecule has 0 aromatic carbocycles. The molecule has 0 aliphatic heterocycles. The molecular weight excluding hydrogens is 242 g/mol. The van der Waals surface area contributed by atoms with Crippen LogP contribution >= 0.6 is 11.3 Å². The topological polar surface area (TPSA) is 28.2 Å². The molecule has 0 saturated heterocycles. The summed E-state index contributed by atoms with van der Waals surface area (Å²) in [5.74, 6) is 0.698. The van der Waals surface area contributed by atoms with Gasteiger partial charge in [0.2, 0.25) is 0 Å². The van der Waals surface area contributed by atoms with Crippen molar-refractivity contribution in [3.63, 3.8) is 0 Å². The Balaban J connectivity index is 2.06. The second-order valence-electron chi connectivity index (χ2n) is 5.60. The number of aromatic nitrogens is 1. The molecule has 1 N–H and O–H groups in total. The predicted octanol–water partition coefficient (Wildman–Crippen LogP) is 3.44. The molecule has 1 aliphatic rings. The summed E-state index contributed by atoms with van der Waals surface area (Å²) in [6.45, 7) is 11.1. The van der Waals surface area contributed by atoms with E-state index in [1.54, 1.807) is 0 Å². The van der Waals surface area contributed by atoms with Gasteiger partial charge in [0.05, 0.1) is 0 Å². The van der Waals surface area contributed by atoms with Crippen LogP contribution in [0.25, 0.3) is 0 Å². The van der Waals surface area contributed by atoms with Gasteiger partial charge in [0.25, 0.3) is 0 Å². The number of hydrogen-bond acceptors (Lipinski definition) is 4. The molecule has 1 aromatic heterocycles. The average molecular weight is 267 g/mol. The zero-order valence-electron chi connectivity index (χ0n) is 11.9. The average Bonchev–Trinajstić information content (AvgIpc) is 3.03. The van der Waals surface area contributed by atoms with Crippen molar-refractivity contribution in [2.75, 3.05) is 18.0 Å². The summed E-state index contributed by atoms with van der Waals surface area (Å²) in [5.41, 5.74) is 0. The number of nitrogens with zero attached hydrogens (tertiary/aromatic N) is 2. The minimum Gasteiger partial charge on any atom is -0.345 e. The summed E-state index contributed by atoms with van der Waals surface area (Å²) < 4.78 is 0. The Morgan fingerprint density at radius 2 is 2.17 bits per heavy atom. The van der Waals surface area contributed by atoms with Gasteiger partial charge in [-0.05, 0) is 32.2 Å². The molecule has 1 fully saturated rings. The van der Waals surface area contributed by atoms with Crippen LogP contribution < -0.4 is 10.2 Å². The number of nitrogens with one attached hydrogen (secondary N) is 1. The summed E-state index contributed by atoms with van der Waals surface area (Å²) in [4.78, 5) is 8.50. The van der Waals surface area contributed by atoms with E-state index in [-0.39, 0.29) is 0 Å². The second-order valence-corrected chi connectivity index (χ2v) is 6.64. The lowest BCUT2D eigenvalue weighted by Crippen LogP contribution is -2.29.